The van der Waals surface area contributed by atoms with E-state index in [9.17, 15) is 9.90 Å². The Labute approximate surface area is 121 Å². The normalized spacial score (nSPS) is 11.2. The van der Waals surface area contributed by atoms with Gasteiger partial charge in [0, 0.05) is 19.2 Å². The first-order valence-electron chi connectivity index (χ1n) is 6.76. The lowest BCUT2D eigenvalue weighted by molar-refractivity contribution is 0.0683. The lowest BCUT2D eigenvalue weighted by Crippen LogP contribution is -2.07. The number of carbonyl (C=O) groups is 1. The summed E-state index contributed by atoms with van der Waals surface area (Å²) >= 11 is 0. The van der Waals surface area contributed by atoms with Crippen LogP contribution in [0.5, 0.6) is 0 Å². The highest BCUT2D eigenvalue weighted by molar-refractivity contribution is 5.88. The Morgan fingerprint density at radius 3 is 2.71 bits per heavy atom. The average Bonchev–Trinajstić information content (AvgIpc) is 3.01. The molecular formula is C15H16N4O2. The molecule has 3 rings (SSSR count). The monoisotopic (exact) mass is 284 g/mol. The van der Waals surface area contributed by atoms with Crippen LogP contribution in [0.2, 0.25) is 0 Å². The maximum absolute atomic E-state index is 11.2. The van der Waals surface area contributed by atoms with Crippen molar-refractivity contribution in [2.24, 2.45) is 7.05 Å². The SMILES string of the molecule is CCn1nc(-c2ccc3c(c2)nc(C)n3C)cc1C(=O)O. The molecule has 2 heterocycles. The van der Waals surface area contributed by atoms with Gasteiger partial charge in [0.1, 0.15) is 11.5 Å². The van der Waals surface area contributed by atoms with Crippen LogP contribution >= 0.6 is 0 Å². The molecular weight excluding hydrogens is 268 g/mol. The van der Waals surface area contributed by atoms with Gasteiger partial charge in [-0.15, -0.1) is 0 Å². The van der Waals surface area contributed by atoms with Crippen molar-refractivity contribution in [3.05, 3.63) is 35.8 Å². The van der Waals surface area contributed by atoms with Gasteiger partial charge in [0.15, 0.2) is 0 Å². The van der Waals surface area contributed by atoms with Gasteiger partial charge in [-0.05, 0) is 32.0 Å². The van der Waals surface area contributed by atoms with Gasteiger partial charge in [0.25, 0.3) is 0 Å². The number of fused-ring (bicyclic) bond motifs is 1. The number of carboxylic acids is 1. The molecule has 0 aliphatic heterocycles. The second-order valence-electron chi connectivity index (χ2n) is 4.96. The predicted molar refractivity (Wildman–Crippen MR) is 79.3 cm³/mol. The molecule has 1 aromatic carbocycles. The van der Waals surface area contributed by atoms with Crippen molar-refractivity contribution in [2.75, 3.05) is 0 Å². The van der Waals surface area contributed by atoms with E-state index in [-0.39, 0.29) is 5.69 Å². The van der Waals surface area contributed by atoms with Gasteiger partial charge < -0.3 is 9.67 Å². The van der Waals surface area contributed by atoms with Gasteiger partial charge in [-0.3, -0.25) is 4.68 Å². The van der Waals surface area contributed by atoms with E-state index in [1.54, 1.807) is 6.07 Å². The number of hydrogen-bond donors (Lipinski definition) is 1. The summed E-state index contributed by atoms with van der Waals surface area (Å²) in [6.07, 6.45) is 0. The van der Waals surface area contributed by atoms with Crippen molar-refractivity contribution in [3.63, 3.8) is 0 Å². The first kappa shape index (κ1) is 13.4. The number of benzene rings is 1. The van der Waals surface area contributed by atoms with E-state index in [1.165, 1.54) is 4.68 Å². The van der Waals surface area contributed by atoms with Crippen molar-refractivity contribution in [2.45, 2.75) is 20.4 Å². The number of aromatic nitrogens is 4. The average molecular weight is 284 g/mol. The molecule has 108 valence electrons. The molecule has 0 saturated heterocycles. The van der Waals surface area contributed by atoms with Crippen LogP contribution in [0.25, 0.3) is 22.3 Å². The highest BCUT2D eigenvalue weighted by atomic mass is 16.4. The van der Waals surface area contributed by atoms with Crippen molar-refractivity contribution < 1.29 is 9.90 Å². The number of imidazole rings is 1. The van der Waals surface area contributed by atoms with E-state index in [4.69, 9.17) is 0 Å². The summed E-state index contributed by atoms with van der Waals surface area (Å²) < 4.78 is 3.51. The van der Waals surface area contributed by atoms with E-state index < -0.39 is 5.97 Å². The minimum atomic E-state index is -0.967. The molecule has 0 saturated carbocycles. The van der Waals surface area contributed by atoms with Crippen LogP contribution in [0, 0.1) is 6.92 Å². The van der Waals surface area contributed by atoms with E-state index >= 15 is 0 Å². The number of aryl methyl sites for hydroxylation is 3. The predicted octanol–water partition coefficient (Wildman–Crippen LogP) is 2.46. The molecule has 0 atom stereocenters. The van der Waals surface area contributed by atoms with Gasteiger partial charge in [-0.25, -0.2) is 9.78 Å². The summed E-state index contributed by atoms with van der Waals surface area (Å²) in [5.41, 5.74) is 3.65. The zero-order valence-electron chi connectivity index (χ0n) is 12.2. The summed E-state index contributed by atoms with van der Waals surface area (Å²) in [4.78, 5) is 15.7. The molecule has 0 radical (unpaired) electrons. The molecule has 2 aromatic heterocycles. The van der Waals surface area contributed by atoms with Crippen LogP contribution in [0.15, 0.2) is 24.3 Å². The number of carboxylic acid groups (broad SMARTS) is 1. The minimum absolute atomic E-state index is 0.199. The zero-order valence-corrected chi connectivity index (χ0v) is 12.2. The number of hydrogen-bond acceptors (Lipinski definition) is 3. The molecule has 6 heteroatoms. The summed E-state index contributed by atoms with van der Waals surface area (Å²) in [6.45, 7) is 4.34. The molecule has 0 aliphatic carbocycles. The Morgan fingerprint density at radius 2 is 2.10 bits per heavy atom. The molecule has 0 bridgehead atoms. The third-order valence-corrected chi connectivity index (χ3v) is 3.70. The Kier molecular flexibility index (Phi) is 3.01. The number of rotatable bonds is 3. The van der Waals surface area contributed by atoms with Crippen molar-refractivity contribution >= 4 is 17.0 Å². The minimum Gasteiger partial charge on any atom is -0.477 e. The number of nitrogens with zero attached hydrogens (tertiary/aromatic N) is 4. The standard InChI is InChI=1S/C15H16N4O2/c1-4-19-14(15(20)21)8-11(17-19)10-5-6-13-12(7-10)16-9(2)18(13)3/h5-8H,4H2,1-3H3,(H,20,21). The molecule has 21 heavy (non-hydrogen) atoms. The van der Waals surface area contributed by atoms with Crippen LogP contribution in [0.3, 0.4) is 0 Å². The molecule has 0 spiro atoms. The summed E-state index contributed by atoms with van der Waals surface area (Å²) in [5.74, 6) is -0.0298. The van der Waals surface area contributed by atoms with Gasteiger partial charge in [-0.1, -0.05) is 6.07 Å². The van der Waals surface area contributed by atoms with Crippen LogP contribution in [0.1, 0.15) is 23.2 Å². The molecule has 0 aliphatic rings. The lowest BCUT2D eigenvalue weighted by atomic mass is 10.1. The fraction of sp³-hybridized carbons (Fsp3) is 0.267. The maximum atomic E-state index is 11.2. The third-order valence-electron chi connectivity index (χ3n) is 3.70. The van der Waals surface area contributed by atoms with Gasteiger partial charge in [0.05, 0.1) is 16.7 Å². The lowest BCUT2D eigenvalue weighted by Gasteiger charge is -1.99. The molecule has 0 fully saturated rings. The fourth-order valence-electron chi connectivity index (χ4n) is 2.45. The van der Waals surface area contributed by atoms with Crippen LogP contribution < -0.4 is 0 Å². The maximum Gasteiger partial charge on any atom is 0.354 e. The highest BCUT2D eigenvalue weighted by Crippen LogP contribution is 2.24. The Hall–Kier alpha value is -2.63. The van der Waals surface area contributed by atoms with E-state index in [0.29, 0.717) is 12.2 Å². The third kappa shape index (κ3) is 2.08. The second-order valence-corrected chi connectivity index (χ2v) is 4.96. The van der Waals surface area contributed by atoms with Crippen LogP contribution in [-0.4, -0.2) is 30.4 Å². The summed E-state index contributed by atoms with van der Waals surface area (Å²) in [6, 6.07) is 7.46. The van der Waals surface area contributed by atoms with E-state index in [1.807, 2.05) is 43.7 Å². The quantitative estimate of drug-likeness (QED) is 0.802. The highest BCUT2D eigenvalue weighted by Gasteiger charge is 2.15. The number of aromatic carboxylic acids is 1. The smallest absolute Gasteiger partial charge is 0.354 e. The fourth-order valence-corrected chi connectivity index (χ4v) is 2.45. The topological polar surface area (TPSA) is 72.9 Å². The van der Waals surface area contributed by atoms with Gasteiger partial charge in [0.2, 0.25) is 0 Å². The van der Waals surface area contributed by atoms with Crippen LogP contribution in [-0.2, 0) is 13.6 Å². The Balaban J connectivity index is 2.14. The van der Waals surface area contributed by atoms with Crippen molar-refractivity contribution in [3.8, 4) is 11.3 Å². The Morgan fingerprint density at radius 1 is 1.33 bits per heavy atom. The van der Waals surface area contributed by atoms with Crippen molar-refractivity contribution in [1.29, 1.82) is 0 Å². The van der Waals surface area contributed by atoms with E-state index in [2.05, 4.69) is 10.1 Å². The summed E-state index contributed by atoms with van der Waals surface area (Å²) in [7, 11) is 1.97. The van der Waals surface area contributed by atoms with Crippen LogP contribution in [0.4, 0.5) is 0 Å². The van der Waals surface area contributed by atoms with Gasteiger partial charge >= 0.3 is 5.97 Å². The van der Waals surface area contributed by atoms with E-state index in [0.717, 1.165) is 22.4 Å². The largest absolute Gasteiger partial charge is 0.477 e. The molecule has 3 aromatic rings. The molecule has 6 nitrogen and oxygen atoms in total. The summed E-state index contributed by atoms with van der Waals surface area (Å²) in [5, 5.41) is 13.5. The molecule has 0 unspecified atom stereocenters. The first-order chi connectivity index (χ1) is 10.0. The zero-order chi connectivity index (χ0) is 15.1. The Bertz CT molecular complexity index is 845. The van der Waals surface area contributed by atoms with Gasteiger partial charge in [-0.2, -0.15) is 5.10 Å². The molecule has 0 amide bonds. The first-order valence-corrected chi connectivity index (χ1v) is 6.76. The molecule has 1 N–H and O–H groups in total. The van der Waals surface area contributed by atoms with Crippen molar-refractivity contribution in [1.82, 2.24) is 19.3 Å². The second kappa shape index (κ2) is 4.73.